The lowest BCUT2D eigenvalue weighted by Gasteiger charge is -2.08. The minimum absolute atomic E-state index is 0.209. The van der Waals surface area contributed by atoms with Gasteiger partial charge in [0.2, 0.25) is 0 Å². The fourth-order valence-corrected chi connectivity index (χ4v) is 2.05. The summed E-state index contributed by atoms with van der Waals surface area (Å²) in [5.74, 6) is -1.33. The Morgan fingerprint density at radius 2 is 1.80 bits per heavy atom. The molecule has 0 bridgehead atoms. The SMILES string of the molecule is Cc1cc(NC(=O)c2ccccc2Cl)ccc1C(=O)O. The second-order valence-corrected chi connectivity index (χ2v) is 4.68. The summed E-state index contributed by atoms with van der Waals surface area (Å²) in [6.45, 7) is 1.68. The van der Waals surface area contributed by atoms with Crippen LogP contribution in [0.3, 0.4) is 0 Å². The van der Waals surface area contributed by atoms with Crippen molar-refractivity contribution in [2.45, 2.75) is 6.92 Å². The molecule has 0 atom stereocenters. The Balaban J connectivity index is 2.23. The quantitative estimate of drug-likeness (QED) is 0.907. The van der Waals surface area contributed by atoms with E-state index in [1.165, 1.54) is 6.07 Å². The molecule has 0 unspecified atom stereocenters. The van der Waals surface area contributed by atoms with Crippen LogP contribution < -0.4 is 5.32 Å². The highest BCUT2D eigenvalue weighted by molar-refractivity contribution is 6.34. The minimum Gasteiger partial charge on any atom is -0.478 e. The van der Waals surface area contributed by atoms with Crippen molar-refractivity contribution in [3.63, 3.8) is 0 Å². The molecule has 20 heavy (non-hydrogen) atoms. The molecule has 0 aromatic heterocycles. The lowest BCUT2D eigenvalue weighted by Crippen LogP contribution is -2.13. The molecule has 0 fully saturated rings. The van der Waals surface area contributed by atoms with Gasteiger partial charge >= 0.3 is 5.97 Å². The largest absolute Gasteiger partial charge is 0.478 e. The van der Waals surface area contributed by atoms with Crippen LogP contribution in [0.15, 0.2) is 42.5 Å². The number of hydrogen-bond acceptors (Lipinski definition) is 2. The van der Waals surface area contributed by atoms with Gasteiger partial charge in [0.15, 0.2) is 0 Å². The maximum atomic E-state index is 12.1. The van der Waals surface area contributed by atoms with E-state index < -0.39 is 5.97 Å². The zero-order valence-electron chi connectivity index (χ0n) is 10.7. The first kappa shape index (κ1) is 14.1. The van der Waals surface area contributed by atoms with Crippen molar-refractivity contribution in [3.8, 4) is 0 Å². The number of carboxylic acid groups (broad SMARTS) is 1. The van der Waals surface area contributed by atoms with Crippen LogP contribution >= 0.6 is 11.6 Å². The van der Waals surface area contributed by atoms with E-state index in [2.05, 4.69) is 5.32 Å². The molecule has 0 aliphatic heterocycles. The van der Waals surface area contributed by atoms with Gasteiger partial charge in [-0.15, -0.1) is 0 Å². The highest BCUT2D eigenvalue weighted by Crippen LogP contribution is 2.19. The van der Waals surface area contributed by atoms with E-state index in [9.17, 15) is 9.59 Å². The lowest BCUT2D eigenvalue weighted by atomic mass is 10.1. The van der Waals surface area contributed by atoms with E-state index in [0.29, 0.717) is 21.8 Å². The Bertz CT molecular complexity index is 683. The van der Waals surface area contributed by atoms with Gasteiger partial charge in [-0.3, -0.25) is 4.79 Å². The van der Waals surface area contributed by atoms with E-state index in [1.54, 1.807) is 43.3 Å². The average Bonchev–Trinajstić information content (AvgIpc) is 2.38. The van der Waals surface area contributed by atoms with Crippen molar-refractivity contribution in [1.29, 1.82) is 0 Å². The summed E-state index contributed by atoms with van der Waals surface area (Å²) < 4.78 is 0. The van der Waals surface area contributed by atoms with Gasteiger partial charge in [0.1, 0.15) is 0 Å². The number of hydrogen-bond donors (Lipinski definition) is 2. The summed E-state index contributed by atoms with van der Waals surface area (Å²) in [6.07, 6.45) is 0. The number of anilines is 1. The highest BCUT2D eigenvalue weighted by atomic mass is 35.5. The van der Waals surface area contributed by atoms with E-state index >= 15 is 0 Å². The zero-order chi connectivity index (χ0) is 14.7. The molecule has 102 valence electrons. The van der Waals surface area contributed by atoms with Crippen molar-refractivity contribution < 1.29 is 14.7 Å². The highest BCUT2D eigenvalue weighted by Gasteiger charge is 2.11. The Morgan fingerprint density at radius 1 is 1.10 bits per heavy atom. The molecule has 4 nitrogen and oxygen atoms in total. The van der Waals surface area contributed by atoms with Crippen LogP contribution in [-0.2, 0) is 0 Å². The first-order valence-corrected chi connectivity index (χ1v) is 6.26. The predicted octanol–water partition coefficient (Wildman–Crippen LogP) is 3.60. The number of benzene rings is 2. The van der Waals surface area contributed by atoms with Crippen molar-refractivity contribution in [2.75, 3.05) is 5.32 Å². The Hall–Kier alpha value is -2.33. The molecule has 0 aliphatic carbocycles. The van der Waals surface area contributed by atoms with Crippen LogP contribution in [0.5, 0.6) is 0 Å². The lowest BCUT2D eigenvalue weighted by molar-refractivity contribution is 0.0696. The second kappa shape index (κ2) is 5.75. The molecule has 2 aromatic carbocycles. The molecule has 0 heterocycles. The fraction of sp³-hybridized carbons (Fsp3) is 0.0667. The van der Waals surface area contributed by atoms with Gasteiger partial charge in [-0.1, -0.05) is 23.7 Å². The first-order chi connectivity index (χ1) is 9.49. The number of carbonyl (C=O) groups is 2. The van der Waals surface area contributed by atoms with Crippen molar-refractivity contribution in [2.24, 2.45) is 0 Å². The Labute approximate surface area is 121 Å². The fourth-order valence-electron chi connectivity index (χ4n) is 1.83. The molecule has 2 rings (SSSR count). The van der Waals surface area contributed by atoms with Gasteiger partial charge in [-0.2, -0.15) is 0 Å². The number of rotatable bonds is 3. The number of carbonyl (C=O) groups excluding carboxylic acids is 1. The molecule has 5 heteroatoms. The molecule has 1 amide bonds. The monoisotopic (exact) mass is 289 g/mol. The summed E-state index contributed by atoms with van der Waals surface area (Å²) in [5, 5.41) is 12.0. The van der Waals surface area contributed by atoms with Gasteiger partial charge in [0.05, 0.1) is 16.1 Å². The van der Waals surface area contributed by atoms with Crippen molar-refractivity contribution >= 4 is 29.2 Å². The van der Waals surface area contributed by atoms with E-state index in [4.69, 9.17) is 16.7 Å². The summed E-state index contributed by atoms with van der Waals surface area (Å²) in [4.78, 5) is 23.0. The normalized spacial score (nSPS) is 10.1. The molecule has 2 aromatic rings. The number of aromatic carboxylic acids is 1. The van der Waals surface area contributed by atoms with Crippen LogP contribution in [0.4, 0.5) is 5.69 Å². The summed E-state index contributed by atoms with van der Waals surface area (Å²) in [6, 6.07) is 11.3. The maximum absolute atomic E-state index is 12.1. The zero-order valence-corrected chi connectivity index (χ0v) is 11.4. The standard InChI is InChI=1S/C15H12ClNO3/c1-9-8-10(6-7-11(9)15(19)20)17-14(18)12-4-2-3-5-13(12)16/h2-8H,1H3,(H,17,18)(H,19,20). The molecule has 0 saturated heterocycles. The topological polar surface area (TPSA) is 66.4 Å². The molecule has 0 spiro atoms. The summed E-state index contributed by atoms with van der Waals surface area (Å²) >= 11 is 5.94. The summed E-state index contributed by atoms with van der Waals surface area (Å²) in [5.41, 5.74) is 1.68. The average molecular weight is 290 g/mol. The Kier molecular flexibility index (Phi) is 4.05. The molecule has 0 radical (unpaired) electrons. The van der Waals surface area contributed by atoms with Crippen LogP contribution in [0.1, 0.15) is 26.3 Å². The van der Waals surface area contributed by atoms with Gasteiger partial charge in [0, 0.05) is 5.69 Å². The van der Waals surface area contributed by atoms with Crippen LogP contribution in [0.25, 0.3) is 0 Å². The van der Waals surface area contributed by atoms with Gasteiger partial charge in [0.25, 0.3) is 5.91 Å². The van der Waals surface area contributed by atoms with Gasteiger partial charge in [-0.05, 0) is 42.8 Å². The molecular formula is C15H12ClNO3. The predicted molar refractivity (Wildman–Crippen MR) is 77.5 cm³/mol. The summed E-state index contributed by atoms with van der Waals surface area (Å²) in [7, 11) is 0. The van der Waals surface area contributed by atoms with Crippen LogP contribution in [0, 0.1) is 6.92 Å². The number of aryl methyl sites for hydroxylation is 1. The van der Waals surface area contributed by atoms with Crippen molar-refractivity contribution in [1.82, 2.24) is 0 Å². The first-order valence-electron chi connectivity index (χ1n) is 5.89. The van der Waals surface area contributed by atoms with Gasteiger partial charge in [-0.25, -0.2) is 4.79 Å². The van der Waals surface area contributed by atoms with Crippen LogP contribution in [0.2, 0.25) is 5.02 Å². The molecular weight excluding hydrogens is 278 g/mol. The third-order valence-electron chi connectivity index (χ3n) is 2.83. The number of nitrogens with one attached hydrogen (secondary N) is 1. The van der Waals surface area contributed by atoms with E-state index in [-0.39, 0.29) is 11.5 Å². The Morgan fingerprint density at radius 3 is 2.40 bits per heavy atom. The molecule has 2 N–H and O–H groups in total. The third-order valence-corrected chi connectivity index (χ3v) is 3.16. The smallest absolute Gasteiger partial charge is 0.335 e. The van der Waals surface area contributed by atoms with Crippen LogP contribution in [-0.4, -0.2) is 17.0 Å². The second-order valence-electron chi connectivity index (χ2n) is 4.27. The third kappa shape index (κ3) is 2.97. The van der Waals surface area contributed by atoms with Gasteiger partial charge < -0.3 is 10.4 Å². The number of carboxylic acids is 1. The number of amides is 1. The molecule has 0 aliphatic rings. The minimum atomic E-state index is -0.994. The van der Waals surface area contributed by atoms with Crippen molar-refractivity contribution in [3.05, 3.63) is 64.2 Å². The number of halogens is 1. The molecule has 0 saturated carbocycles. The van der Waals surface area contributed by atoms with E-state index in [1.807, 2.05) is 0 Å². The maximum Gasteiger partial charge on any atom is 0.335 e. The van der Waals surface area contributed by atoms with E-state index in [0.717, 1.165) is 0 Å².